The van der Waals surface area contributed by atoms with Crippen LogP contribution in [-0.4, -0.2) is 12.2 Å². The smallest absolute Gasteiger partial charge is 0.314 e. The third kappa shape index (κ3) is 6.82. The van der Waals surface area contributed by atoms with Crippen LogP contribution in [0.1, 0.15) is 90.4 Å². The van der Waals surface area contributed by atoms with Crippen molar-refractivity contribution in [3.63, 3.8) is 0 Å². The van der Waals surface area contributed by atoms with Gasteiger partial charge < -0.3 is 4.74 Å². The Morgan fingerprint density at radius 1 is 0.917 bits per heavy atom. The molecule has 0 heterocycles. The van der Waals surface area contributed by atoms with Gasteiger partial charge in [0, 0.05) is 6.08 Å². The van der Waals surface area contributed by atoms with Crippen LogP contribution < -0.4 is 0 Å². The van der Waals surface area contributed by atoms with Crippen molar-refractivity contribution in [3.05, 3.63) is 12.7 Å². The van der Waals surface area contributed by atoms with E-state index < -0.39 is 6.11 Å². The minimum atomic E-state index is -3.16. The largest absolute Gasteiger partial charge is 0.376 e. The molecule has 0 aromatic rings. The molecule has 3 heteroatoms. The molecular weight excluding hydrogens is 306 g/mol. The first-order chi connectivity index (χ1) is 11.5. The van der Waals surface area contributed by atoms with Gasteiger partial charge in [-0.25, -0.2) is 0 Å². The lowest BCUT2D eigenvalue weighted by Crippen LogP contribution is -2.30. The molecule has 2 aliphatic carbocycles. The molecule has 0 saturated heterocycles. The van der Waals surface area contributed by atoms with Gasteiger partial charge in [-0.2, -0.15) is 8.78 Å². The molecule has 2 saturated carbocycles. The molecule has 0 radical (unpaired) electrons. The Hall–Kier alpha value is -0.440. The van der Waals surface area contributed by atoms with Gasteiger partial charge in [0.05, 0.1) is 6.10 Å². The van der Waals surface area contributed by atoms with E-state index in [1.54, 1.807) is 0 Å². The van der Waals surface area contributed by atoms with E-state index in [9.17, 15) is 8.78 Å². The maximum atomic E-state index is 13.2. The number of rotatable bonds is 9. The van der Waals surface area contributed by atoms with Crippen molar-refractivity contribution in [1.29, 1.82) is 0 Å². The standard InChI is InChI=1S/C21H36F2O/c1-3-5-6-7-17-8-10-18(11-9-17)16-19-12-14-20(15-13-19)24-21(22,23)4-2/h4,17-20H,2-3,5-16H2,1H3. The molecule has 0 N–H and O–H groups in total. The van der Waals surface area contributed by atoms with E-state index in [1.165, 1.54) is 57.8 Å². The fourth-order valence-electron chi connectivity index (χ4n) is 4.67. The molecule has 0 atom stereocenters. The molecule has 2 aliphatic rings. The predicted molar refractivity (Wildman–Crippen MR) is 96.2 cm³/mol. The molecular formula is C21H36F2O. The minimum absolute atomic E-state index is 0.288. The molecule has 0 bridgehead atoms. The van der Waals surface area contributed by atoms with Crippen LogP contribution in [-0.2, 0) is 4.74 Å². The first-order valence-corrected chi connectivity index (χ1v) is 10.2. The van der Waals surface area contributed by atoms with E-state index in [2.05, 4.69) is 13.5 Å². The van der Waals surface area contributed by atoms with Gasteiger partial charge in [0.15, 0.2) is 0 Å². The van der Waals surface area contributed by atoms with Gasteiger partial charge in [0.2, 0.25) is 0 Å². The minimum Gasteiger partial charge on any atom is -0.314 e. The second-order valence-electron chi connectivity index (χ2n) is 8.14. The van der Waals surface area contributed by atoms with Crippen LogP contribution in [0, 0.1) is 17.8 Å². The molecule has 0 aliphatic heterocycles. The van der Waals surface area contributed by atoms with Gasteiger partial charge in [-0.1, -0.05) is 64.9 Å². The molecule has 0 aromatic heterocycles. The highest BCUT2D eigenvalue weighted by atomic mass is 19.3. The summed E-state index contributed by atoms with van der Waals surface area (Å²) < 4.78 is 31.3. The summed E-state index contributed by atoms with van der Waals surface area (Å²) in [5, 5.41) is 0. The Bertz CT molecular complexity index is 353. The van der Waals surface area contributed by atoms with E-state index >= 15 is 0 Å². The molecule has 1 nitrogen and oxygen atoms in total. The molecule has 0 aromatic carbocycles. The van der Waals surface area contributed by atoms with Crippen LogP contribution >= 0.6 is 0 Å². The number of halogens is 2. The maximum Gasteiger partial charge on any atom is 0.376 e. The van der Waals surface area contributed by atoms with Crippen LogP contribution in [0.15, 0.2) is 12.7 Å². The van der Waals surface area contributed by atoms with E-state index in [0.29, 0.717) is 6.08 Å². The predicted octanol–water partition coefficient (Wildman–Crippen LogP) is 7.12. The summed E-state index contributed by atoms with van der Waals surface area (Å²) in [6.45, 7) is 5.42. The summed E-state index contributed by atoms with van der Waals surface area (Å²) in [5.74, 6) is 2.58. The summed E-state index contributed by atoms with van der Waals surface area (Å²) >= 11 is 0. The SMILES string of the molecule is C=CC(F)(F)OC1CCC(CC2CCC(CCCCC)CC2)CC1. The zero-order valence-corrected chi connectivity index (χ0v) is 15.5. The Balaban J connectivity index is 1.60. The highest BCUT2D eigenvalue weighted by Crippen LogP contribution is 2.39. The third-order valence-electron chi connectivity index (χ3n) is 6.20. The zero-order valence-electron chi connectivity index (χ0n) is 15.5. The summed E-state index contributed by atoms with van der Waals surface area (Å²) in [7, 11) is 0. The van der Waals surface area contributed by atoms with Gasteiger partial charge in [0.1, 0.15) is 0 Å². The lowest BCUT2D eigenvalue weighted by atomic mass is 9.74. The Labute approximate surface area is 147 Å². The fourth-order valence-corrected chi connectivity index (χ4v) is 4.67. The van der Waals surface area contributed by atoms with E-state index in [0.717, 1.165) is 43.4 Å². The Kier molecular flexibility index (Phi) is 8.19. The van der Waals surface area contributed by atoms with Gasteiger partial charge >= 0.3 is 6.11 Å². The zero-order chi connectivity index (χ0) is 17.4. The quantitative estimate of drug-likeness (QED) is 0.320. The van der Waals surface area contributed by atoms with Crippen LogP contribution in [0.25, 0.3) is 0 Å². The van der Waals surface area contributed by atoms with Gasteiger partial charge in [-0.05, 0) is 49.9 Å². The molecule has 0 spiro atoms. The lowest BCUT2D eigenvalue weighted by molar-refractivity contribution is -0.233. The monoisotopic (exact) mass is 342 g/mol. The highest BCUT2D eigenvalue weighted by molar-refractivity contribution is 4.83. The summed E-state index contributed by atoms with van der Waals surface area (Å²) in [4.78, 5) is 0. The van der Waals surface area contributed by atoms with Gasteiger partial charge in [0.25, 0.3) is 0 Å². The number of unbranched alkanes of at least 4 members (excludes halogenated alkanes) is 2. The van der Waals surface area contributed by atoms with Crippen molar-refractivity contribution in [2.75, 3.05) is 0 Å². The summed E-state index contributed by atoms with van der Waals surface area (Å²) in [6, 6.07) is 0. The molecule has 24 heavy (non-hydrogen) atoms. The van der Waals surface area contributed by atoms with E-state index in [1.807, 2.05) is 0 Å². The van der Waals surface area contributed by atoms with Crippen LogP contribution in [0.5, 0.6) is 0 Å². The van der Waals surface area contributed by atoms with Gasteiger partial charge in [-0.15, -0.1) is 0 Å². The Morgan fingerprint density at radius 3 is 2.00 bits per heavy atom. The topological polar surface area (TPSA) is 9.23 Å². The van der Waals surface area contributed by atoms with Crippen molar-refractivity contribution < 1.29 is 13.5 Å². The van der Waals surface area contributed by atoms with Crippen LogP contribution in [0.3, 0.4) is 0 Å². The fraction of sp³-hybridized carbons (Fsp3) is 0.905. The first-order valence-electron chi connectivity index (χ1n) is 10.2. The molecule has 140 valence electrons. The maximum absolute atomic E-state index is 13.2. The Morgan fingerprint density at radius 2 is 1.46 bits per heavy atom. The normalized spacial score (nSPS) is 31.8. The summed E-state index contributed by atoms with van der Waals surface area (Å²) in [5.41, 5.74) is 0. The van der Waals surface area contributed by atoms with Crippen molar-refractivity contribution in [2.24, 2.45) is 17.8 Å². The highest BCUT2D eigenvalue weighted by Gasteiger charge is 2.33. The molecule has 0 amide bonds. The first kappa shape index (κ1) is 19.9. The molecule has 2 fully saturated rings. The number of hydrogen-bond donors (Lipinski definition) is 0. The number of alkyl halides is 2. The molecule has 2 rings (SSSR count). The van der Waals surface area contributed by atoms with E-state index in [-0.39, 0.29) is 6.10 Å². The molecule has 0 unspecified atom stereocenters. The third-order valence-corrected chi connectivity index (χ3v) is 6.20. The van der Waals surface area contributed by atoms with E-state index in [4.69, 9.17) is 4.74 Å². The second kappa shape index (κ2) is 9.89. The number of ether oxygens (including phenoxy) is 1. The van der Waals surface area contributed by atoms with Gasteiger partial charge in [-0.3, -0.25) is 0 Å². The average Bonchev–Trinajstić information content (AvgIpc) is 2.58. The van der Waals surface area contributed by atoms with Crippen molar-refractivity contribution >= 4 is 0 Å². The van der Waals surface area contributed by atoms with Crippen molar-refractivity contribution in [1.82, 2.24) is 0 Å². The average molecular weight is 343 g/mol. The van der Waals surface area contributed by atoms with Crippen molar-refractivity contribution in [2.45, 2.75) is 103 Å². The van der Waals surface area contributed by atoms with Crippen molar-refractivity contribution in [3.8, 4) is 0 Å². The summed E-state index contributed by atoms with van der Waals surface area (Å²) in [6.07, 6.45) is 13.3. The van der Waals surface area contributed by atoms with Crippen LogP contribution in [0.2, 0.25) is 0 Å². The second-order valence-corrected chi connectivity index (χ2v) is 8.14. The number of hydrogen-bond acceptors (Lipinski definition) is 1. The lowest BCUT2D eigenvalue weighted by Gasteiger charge is -2.34. The van der Waals surface area contributed by atoms with Crippen LogP contribution in [0.4, 0.5) is 8.78 Å².